The summed E-state index contributed by atoms with van der Waals surface area (Å²) >= 11 is 0. The molecule has 3 heterocycles. The van der Waals surface area contributed by atoms with E-state index in [1.165, 1.54) is 17.3 Å². The van der Waals surface area contributed by atoms with Crippen molar-refractivity contribution in [1.82, 2.24) is 14.6 Å². The maximum atomic E-state index is 12.5. The smallest absolute Gasteiger partial charge is 0.309 e. The lowest BCUT2D eigenvalue weighted by atomic mass is 9.81. The minimum atomic E-state index is -1.90. The highest BCUT2D eigenvalue weighted by Crippen LogP contribution is 2.40. The number of aliphatic hydroxyl groups excluding tert-OH is 2. The summed E-state index contributed by atoms with van der Waals surface area (Å²) in [6, 6.07) is 5.11. The highest BCUT2D eigenvalue weighted by Gasteiger charge is 2.57. The molecule has 4 rings (SSSR count). The number of ether oxygens (including phenoxy) is 2. The van der Waals surface area contributed by atoms with Crippen LogP contribution in [-0.4, -0.2) is 55.7 Å². The molecule has 2 aromatic rings. The molecule has 0 spiro atoms. The average molecular weight is 429 g/mol. The van der Waals surface area contributed by atoms with Gasteiger partial charge < -0.3 is 25.4 Å². The molecule has 5 atom stereocenters. The maximum Gasteiger partial charge on any atom is 0.309 e. The van der Waals surface area contributed by atoms with E-state index in [0.29, 0.717) is 5.52 Å². The monoisotopic (exact) mass is 429 g/mol. The van der Waals surface area contributed by atoms with Crippen molar-refractivity contribution in [2.75, 3.05) is 12.3 Å². The Morgan fingerprint density at radius 1 is 1.42 bits per heavy atom. The Balaban J connectivity index is 1.50. The van der Waals surface area contributed by atoms with Gasteiger partial charge in [-0.15, -0.1) is 0 Å². The summed E-state index contributed by atoms with van der Waals surface area (Å²) in [5.74, 6) is -0.125. The first-order chi connectivity index (χ1) is 14.9. The quantitative estimate of drug-likeness (QED) is 0.588. The fraction of sp³-hybridized carbons (Fsp3) is 0.619. The van der Waals surface area contributed by atoms with Crippen LogP contribution in [-0.2, 0) is 19.9 Å². The summed E-state index contributed by atoms with van der Waals surface area (Å²) in [7, 11) is 0. The number of aliphatic hydroxyl groups is 2. The van der Waals surface area contributed by atoms with E-state index in [9.17, 15) is 20.3 Å². The van der Waals surface area contributed by atoms with Gasteiger partial charge in [-0.05, 0) is 30.9 Å². The van der Waals surface area contributed by atoms with Crippen LogP contribution in [0.25, 0.3) is 5.52 Å². The number of esters is 1. The first kappa shape index (κ1) is 21.5. The molecule has 2 fully saturated rings. The molecular weight excluding hydrogens is 402 g/mol. The van der Waals surface area contributed by atoms with E-state index in [1.807, 2.05) is 13.0 Å². The number of hydrogen-bond donors (Lipinski definition) is 3. The van der Waals surface area contributed by atoms with E-state index in [0.717, 1.165) is 25.7 Å². The van der Waals surface area contributed by atoms with Gasteiger partial charge in [0.2, 0.25) is 5.60 Å². The second-order valence-corrected chi connectivity index (χ2v) is 8.42. The fourth-order valence-corrected chi connectivity index (χ4v) is 4.67. The molecule has 166 valence electrons. The highest BCUT2D eigenvalue weighted by atomic mass is 16.6. The molecule has 0 radical (unpaired) electrons. The zero-order chi connectivity index (χ0) is 22.2. The number of nitrogens with zero attached hydrogens (tertiary/aromatic N) is 4. The predicted octanol–water partition coefficient (Wildman–Crippen LogP) is 0.911. The van der Waals surface area contributed by atoms with Gasteiger partial charge in [-0.2, -0.15) is 10.4 Å². The number of carbonyl (C=O) groups is 1. The van der Waals surface area contributed by atoms with E-state index in [1.54, 1.807) is 12.1 Å². The van der Waals surface area contributed by atoms with Crippen LogP contribution in [0.2, 0.25) is 0 Å². The summed E-state index contributed by atoms with van der Waals surface area (Å²) in [5.41, 5.74) is 4.59. The molecule has 1 aliphatic carbocycles. The molecule has 31 heavy (non-hydrogen) atoms. The van der Waals surface area contributed by atoms with Crippen molar-refractivity contribution in [3.8, 4) is 6.07 Å². The summed E-state index contributed by atoms with van der Waals surface area (Å²) in [5, 5.41) is 35.3. The molecule has 1 aliphatic heterocycles. The number of nitriles is 1. The lowest BCUT2D eigenvalue weighted by molar-refractivity contribution is -0.157. The van der Waals surface area contributed by atoms with Crippen molar-refractivity contribution in [3.63, 3.8) is 0 Å². The van der Waals surface area contributed by atoms with Crippen molar-refractivity contribution in [3.05, 3.63) is 24.2 Å². The van der Waals surface area contributed by atoms with Crippen molar-refractivity contribution in [2.45, 2.75) is 62.9 Å². The van der Waals surface area contributed by atoms with Crippen molar-refractivity contribution in [1.29, 1.82) is 5.26 Å². The van der Waals surface area contributed by atoms with E-state index in [2.05, 4.69) is 10.1 Å². The van der Waals surface area contributed by atoms with E-state index in [4.69, 9.17) is 15.2 Å². The third-order valence-corrected chi connectivity index (χ3v) is 6.61. The van der Waals surface area contributed by atoms with Crippen molar-refractivity contribution in [2.24, 2.45) is 11.8 Å². The molecule has 1 saturated carbocycles. The van der Waals surface area contributed by atoms with Crippen LogP contribution in [0, 0.1) is 23.2 Å². The van der Waals surface area contributed by atoms with E-state index in [-0.39, 0.29) is 35.9 Å². The van der Waals surface area contributed by atoms with E-state index < -0.39 is 23.9 Å². The molecule has 2 aliphatic rings. The maximum absolute atomic E-state index is 12.5. The summed E-state index contributed by atoms with van der Waals surface area (Å²) in [6.45, 7) is 1.59. The standard InChI is InChI=1S/C21H27N5O5/c1-12(13-5-3-2-4-6-13)20(29)30-9-15-17(27)18(28)21(10-22,31-15)16-8-7-14-19(23)24-11-25-26(14)16/h7-8,11-13,15,17-18,27-28H,2-6,9H2,1H3,(H2,23,24,25)/t12-,15-,17-,18-,21+/m1/s1. The lowest BCUT2D eigenvalue weighted by Gasteiger charge is -2.27. The number of hydrogen-bond acceptors (Lipinski definition) is 9. The fourth-order valence-electron chi connectivity index (χ4n) is 4.67. The predicted molar refractivity (Wildman–Crippen MR) is 108 cm³/mol. The number of anilines is 1. The Morgan fingerprint density at radius 2 is 2.16 bits per heavy atom. The molecule has 2 aromatic heterocycles. The third kappa shape index (κ3) is 3.63. The molecule has 0 amide bonds. The van der Waals surface area contributed by atoms with Crippen LogP contribution < -0.4 is 5.73 Å². The second-order valence-electron chi connectivity index (χ2n) is 8.42. The molecule has 10 nitrogen and oxygen atoms in total. The Labute approximate surface area is 179 Å². The number of fused-ring (bicyclic) bond motifs is 1. The van der Waals surface area contributed by atoms with Crippen LogP contribution in [0.15, 0.2) is 18.5 Å². The molecule has 0 unspecified atom stereocenters. The van der Waals surface area contributed by atoms with Crippen LogP contribution in [0.3, 0.4) is 0 Å². The van der Waals surface area contributed by atoms with Gasteiger partial charge in [0.05, 0.1) is 11.6 Å². The first-order valence-corrected chi connectivity index (χ1v) is 10.6. The molecule has 4 N–H and O–H groups in total. The van der Waals surface area contributed by atoms with Gasteiger partial charge in [0.15, 0.2) is 5.82 Å². The second kappa shape index (κ2) is 8.42. The van der Waals surface area contributed by atoms with Crippen LogP contribution in [0.1, 0.15) is 44.7 Å². The van der Waals surface area contributed by atoms with Gasteiger partial charge in [0, 0.05) is 0 Å². The average Bonchev–Trinajstić information content (AvgIpc) is 3.34. The number of nitrogens with two attached hydrogens (primary N) is 1. The summed E-state index contributed by atoms with van der Waals surface area (Å²) in [6.07, 6.45) is 2.57. The van der Waals surface area contributed by atoms with Crippen LogP contribution >= 0.6 is 0 Å². The topological polar surface area (TPSA) is 156 Å². The minimum Gasteiger partial charge on any atom is -0.463 e. The van der Waals surface area contributed by atoms with E-state index >= 15 is 0 Å². The molecule has 0 aromatic carbocycles. The number of carbonyl (C=O) groups excluding carboxylic acids is 1. The van der Waals surface area contributed by atoms with Crippen molar-refractivity contribution >= 4 is 17.3 Å². The Morgan fingerprint density at radius 3 is 2.87 bits per heavy atom. The zero-order valence-electron chi connectivity index (χ0n) is 17.3. The SMILES string of the molecule is C[C@@H](C(=O)OC[C@H]1O[C@@](C#N)(c2ccc3c(N)ncnn23)[C@H](O)[C@@H]1O)C1CCCCC1. The Hall–Kier alpha value is -2.74. The number of aromatic nitrogens is 3. The van der Waals surface area contributed by atoms with Crippen LogP contribution in [0.5, 0.6) is 0 Å². The largest absolute Gasteiger partial charge is 0.463 e. The number of nitrogen functional groups attached to an aromatic ring is 1. The summed E-state index contributed by atoms with van der Waals surface area (Å²) < 4.78 is 12.6. The molecule has 1 saturated heterocycles. The van der Waals surface area contributed by atoms with Gasteiger partial charge in [-0.1, -0.05) is 26.2 Å². The molecular formula is C21H27N5O5. The summed E-state index contributed by atoms with van der Waals surface area (Å²) in [4.78, 5) is 16.4. The zero-order valence-corrected chi connectivity index (χ0v) is 17.3. The lowest BCUT2D eigenvalue weighted by Crippen LogP contribution is -2.41. The van der Waals surface area contributed by atoms with Gasteiger partial charge in [-0.3, -0.25) is 4.79 Å². The third-order valence-electron chi connectivity index (χ3n) is 6.61. The van der Waals surface area contributed by atoms with Gasteiger partial charge in [0.1, 0.15) is 42.8 Å². The molecule has 10 heteroatoms. The van der Waals surface area contributed by atoms with Gasteiger partial charge in [0.25, 0.3) is 0 Å². The van der Waals surface area contributed by atoms with Gasteiger partial charge in [-0.25, -0.2) is 9.50 Å². The minimum absolute atomic E-state index is 0.199. The van der Waals surface area contributed by atoms with Crippen molar-refractivity contribution < 1.29 is 24.5 Å². The highest BCUT2D eigenvalue weighted by molar-refractivity contribution is 5.72. The molecule has 0 bridgehead atoms. The van der Waals surface area contributed by atoms with Gasteiger partial charge >= 0.3 is 5.97 Å². The Bertz CT molecular complexity index is 998. The first-order valence-electron chi connectivity index (χ1n) is 10.6. The number of rotatable bonds is 5. The van der Waals surface area contributed by atoms with Crippen LogP contribution in [0.4, 0.5) is 5.82 Å². The normalized spacial score (nSPS) is 30.2. The Kier molecular flexibility index (Phi) is 5.83.